The van der Waals surface area contributed by atoms with Crippen LogP contribution < -0.4 is 5.32 Å². The second-order valence-electron chi connectivity index (χ2n) is 9.09. The van der Waals surface area contributed by atoms with Crippen molar-refractivity contribution >= 4 is 26.8 Å². The van der Waals surface area contributed by atoms with E-state index < -0.39 is 10.0 Å². The van der Waals surface area contributed by atoms with Gasteiger partial charge in [-0.05, 0) is 60.9 Å². The number of rotatable bonds is 6. The van der Waals surface area contributed by atoms with Gasteiger partial charge in [-0.15, -0.1) is 0 Å². The largest absolute Gasteiger partial charge is 0.350 e. The molecule has 1 saturated heterocycles. The Kier molecular flexibility index (Phi) is 6.40. The number of nitrogens with one attached hydrogen (secondary N) is 2. The standard InChI is InChI=1S/C25H31N3O3S/c1-17-13-18(2)16-28(15-17)32(30,31)21-9-10-23-22(14-21)19(3)24(27-23)25(29)26-12-11-20-7-5-4-6-8-20/h4-10,14,17-18,27H,11-13,15-16H2,1-3H3,(H,26,29). The van der Waals surface area contributed by atoms with Crippen LogP contribution in [0, 0.1) is 18.8 Å². The van der Waals surface area contributed by atoms with Crippen LogP contribution >= 0.6 is 0 Å². The Labute approximate surface area is 190 Å². The minimum absolute atomic E-state index is 0.183. The molecule has 1 aliphatic rings. The first kappa shape index (κ1) is 22.6. The summed E-state index contributed by atoms with van der Waals surface area (Å²) in [7, 11) is -3.57. The van der Waals surface area contributed by atoms with Gasteiger partial charge >= 0.3 is 0 Å². The molecule has 1 amide bonds. The van der Waals surface area contributed by atoms with Gasteiger partial charge < -0.3 is 10.3 Å². The van der Waals surface area contributed by atoms with Crippen LogP contribution in [-0.4, -0.2) is 43.2 Å². The van der Waals surface area contributed by atoms with E-state index in [-0.39, 0.29) is 10.8 Å². The number of carbonyl (C=O) groups is 1. The van der Waals surface area contributed by atoms with Crippen LogP contribution in [0.1, 0.15) is 41.9 Å². The second kappa shape index (κ2) is 9.08. The van der Waals surface area contributed by atoms with Gasteiger partial charge in [-0.1, -0.05) is 44.2 Å². The van der Waals surface area contributed by atoms with E-state index in [9.17, 15) is 13.2 Å². The lowest BCUT2D eigenvalue weighted by atomic mass is 9.94. The Morgan fingerprint density at radius 2 is 1.78 bits per heavy atom. The average Bonchev–Trinajstić information content (AvgIpc) is 3.10. The third-order valence-corrected chi connectivity index (χ3v) is 8.10. The van der Waals surface area contributed by atoms with Crippen LogP contribution in [0.4, 0.5) is 0 Å². The van der Waals surface area contributed by atoms with Crippen molar-refractivity contribution in [2.45, 2.75) is 38.5 Å². The summed E-state index contributed by atoms with van der Waals surface area (Å²) >= 11 is 0. The molecule has 2 N–H and O–H groups in total. The summed E-state index contributed by atoms with van der Waals surface area (Å²) in [6.45, 7) is 7.67. The molecule has 2 atom stereocenters. The summed E-state index contributed by atoms with van der Waals surface area (Å²) in [5, 5.41) is 3.72. The molecule has 1 fully saturated rings. The van der Waals surface area contributed by atoms with Crippen LogP contribution in [0.15, 0.2) is 53.4 Å². The maximum absolute atomic E-state index is 13.3. The molecule has 0 bridgehead atoms. The van der Waals surface area contributed by atoms with Crippen molar-refractivity contribution in [2.24, 2.45) is 11.8 Å². The number of carbonyl (C=O) groups excluding carboxylic acids is 1. The second-order valence-corrected chi connectivity index (χ2v) is 11.0. The summed E-state index contributed by atoms with van der Waals surface area (Å²) in [6, 6.07) is 15.1. The molecular formula is C25H31N3O3S. The van der Waals surface area contributed by atoms with Crippen molar-refractivity contribution in [3.05, 3.63) is 65.4 Å². The lowest BCUT2D eigenvalue weighted by Crippen LogP contribution is -2.42. The Bertz CT molecular complexity index is 1210. The maximum Gasteiger partial charge on any atom is 0.268 e. The Morgan fingerprint density at radius 1 is 1.09 bits per heavy atom. The summed E-state index contributed by atoms with van der Waals surface area (Å²) < 4.78 is 28.2. The lowest BCUT2D eigenvalue weighted by molar-refractivity contribution is 0.0949. The first-order valence-corrected chi connectivity index (χ1v) is 12.6. The van der Waals surface area contributed by atoms with E-state index in [1.807, 2.05) is 37.3 Å². The van der Waals surface area contributed by atoms with Crippen LogP contribution in [0.5, 0.6) is 0 Å². The monoisotopic (exact) mass is 453 g/mol. The zero-order chi connectivity index (χ0) is 22.9. The Morgan fingerprint density at radius 3 is 2.47 bits per heavy atom. The number of aryl methyl sites for hydroxylation is 1. The number of aromatic nitrogens is 1. The van der Waals surface area contributed by atoms with Gasteiger partial charge in [0.05, 0.1) is 4.90 Å². The quantitative estimate of drug-likeness (QED) is 0.589. The molecule has 4 rings (SSSR count). The van der Waals surface area contributed by atoms with Crippen molar-refractivity contribution < 1.29 is 13.2 Å². The minimum atomic E-state index is -3.57. The third-order valence-electron chi connectivity index (χ3n) is 6.27. The van der Waals surface area contributed by atoms with Crippen molar-refractivity contribution in [1.29, 1.82) is 0 Å². The fourth-order valence-corrected chi connectivity index (χ4v) is 6.40. The molecule has 1 aliphatic heterocycles. The maximum atomic E-state index is 13.3. The van der Waals surface area contributed by atoms with Crippen molar-refractivity contribution in [3.8, 4) is 0 Å². The van der Waals surface area contributed by atoms with Gasteiger partial charge in [-0.25, -0.2) is 8.42 Å². The number of H-pyrrole nitrogens is 1. The predicted molar refractivity (Wildman–Crippen MR) is 127 cm³/mol. The van der Waals surface area contributed by atoms with Crippen LogP contribution in [0.25, 0.3) is 10.9 Å². The highest BCUT2D eigenvalue weighted by Crippen LogP contribution is 2.30. The van der Waals surface area contributed by atoms with Crippen LogP contribution in [0.2, 0.25) is 0 Å². The Hall–Kier alpha value is -2.64. The fourth-order valence-electron chi connectivity index (χ4n) is 4.70. The van der Waals surface area contributed by atoms with Crippen molar-refractivity contribution in [3.63, 3.8) is 0 Å². The zero-order valence-corrected chi connectivity index (χ0v) is 19.7. The molecule has 0 spiro atoms. The molecule has 170 valence electrons. The summed E-state index contributed by atoms with van der Waals surface area (Å²) in [6.07, 6.45) is 1.80. The molecule has 3 aromatic rings. The highest BCUT2D eigenvalue weighted by molar-refractivity contribution is 7.89. The number of fused-ring (bicyclic) bond motifs is 1. The number of hydrogen-bond acceptors (Lipinski definition) is 3. The molecule has 0 aliphatic carbocycles. The molecule has 0 saturated carbocycles. The van der Waals surface area contributed by atoms with E-state index >= 15 is 0 Å². The summed E-state index contributed by atoms with van der Waals surface area (Å²) in [4.78, 5) is 16.2. The fraction of sp³-hybridized carbons (Fsp3) is 0.400. The molecule has 32 heavy (non-hydrogen) atoms. The number of hydrogen-bond donors (Lipinski definition) is 2. The van der Waals surface area contributed by atoms with E-state index in [2.05, 4.69) is 24.1 Å². The van der Waals surface area contributed by atoms with E-state index in [1.165, 1.54) is 0 Å². The van der Waals surface area contributed by atoms with E-state index in [1.54, 1.807) is 22.5 Å². The average molecular weight is 454 g/mol. The van der Waals surface area contributed by atoms with Crippen LogP contribution in [0.3, 0.4) is 0 Å². The van der Waals surface area contributed by atoms with Gasteiger partial charge in [0.15, 0.2) is 0 Å². The van der Waals surface area contributed by atoms with E-state index in [0.29, 0.717) is 37.2 Å². The van der Waals surface area contributed by atoms with Crippen molar-refractivity contribution in [1.82, 2.24) is 14.6 Å². The SMILES string of the molecule is Cc1c(C(=O)NCCc2ccccc2)[nH]c2ccc(S(=O)(=O)N3CC(C)CC(C)C3)cc12. The van der Waals surface area contributed by atoms with Crippen LogP contribution in [-0.2, 0) is 16.4 Å². The summed E-state index contributed by atoms with van der Waals surface area (Å²) in [5.41, 5.74) is 3.16. The van der Waals surface area contributed by atoms with Gasteiger partial charge in [-0.3, -0.25) is 4.79 Å². The van der Waals surface area contributed by atoms with E-state index in [4.69, 9.17) is 0 Å². The molecule has 2 heterocycles. The highest BCUT2D eigenvalue weighted by Gasteiger charge is 2.32. The number of benzene rings is 2. The van der Waals surface area contributed by atoms with E-state index in [0.717, 1.165) is 34.9 Å². The zero-order valence-electron chi connectivity index (χ0n) is 18.9. The van der Waals surface area contributed by atoms with Gasteiger partial charge in [-0.2, -0.15) is 4.31 Å². The molecular weight excluding hydrogens is 422 g/mol. The first-order valence-electron chi connectivity index (χ1n) is 11.2. The predicted octanol–water partition coefficient (Wildman–Crippen LogP) is 4.12. The molecule has 0 radical (unpaired) electrons. The van der Waals surface area contributed by atoms with Crippen molar-refractivity contribution in [2.75, 3.05) is 19.6 Å². The smallest absolute Gasteiger partial charge is 0.268 e. The lowest BCUT2D eigenvalue weighted by Gasteiger charge is -2.34. The van der Waals surface area contributed by atoms with Gasteiger partial charge in [0.2, 0.25) is 10.0 Å². The molecule has 2 unspecified atom stereocenters. The molecule has 6 nitrogen and oxygen atoms in total. The third kappa shape index (κ3) is 4.59. The number of aromatic amines is 1. The minimum Gasteiger partial charge on any atom is -0.350 e. The Balaban J connectivity index is 1.53. The highest BCUT2D eigenvalue weighted by atomic mass is 32.2. The molecule has 7 heteroatoms. The first-order chi connectivity index (χ1) is 15.3. The van der Waals surface area contributed by atoms with Gasteiger partial charge in [0, 0.05) is 30.5 Å². The number of piperidine rings is 1. The van der Waals surface area contributed by atoms with Gasteiger partial charge in [0.25, 0.3) is 5.91 Å². The topological polar surface area (TPSA) is 82.3 Å². The number of sulfonamides is 1. The van der Waals surface area contributed by atoms with Gasteiger partial charge in [0.1, 0.15) is 5.69 Å². The molecule has 2 aromatic carbocycles. The molecule has 1 aromatic heterocycles. The summed E-state index contributed by atoms with van der Waals surface area (Å²) in [5.74, 6) is 0.507. The normalized spacial score (nSPS) is 19.8. The number of amides is 1. The number of nitrogens with zero attached hydrogens (tertiary/aromatic N) is 1.